The van der Waals surface area contributed by atoms with Crippen LogP contribution in [0.5, 0.6) is 5.75 Å². The minimum Gasteiger partial charge on any atom is -0.491 e. The highest BCUT2D eigenvalue weighted by atomic mass is 19.1. The molecule has 3 atom stereocenters. The van der Waals surface area contributed by atoms with Gasteiger partial charge in [0.2, 0.25) is 5.91 Å². The lowest BCUT2D eigenvalue weighted by Crippen LogP contribution is -2.50. The number of benzene rings is 3. The number of aliphatic hydroxyl groups excluding tert-OH is 1. The molecule has 0 bridgehead atoms. The van der Waals surface area contributed by atoms with Gasteiger partial charge in [-0.3, -0.25) is 9.59 Å². The second-order valence-corrected chi connectivity index (χ2v) is 10.5. The molecule has 10 heteroatoms. The number of urea groups is 1. The number of ether oxygens (including phenoxy) is 2. The number of rotatable bonds is 13. The molecule has 42 heavy (non-hydrogen) atoms. The maximum absolute atomic E-state index is 15.0. The van der Waals surface area contributed by atoms with Gasteiger partial charge >= 0.3 is 6.03 Å². The summed E-state index contributed by atoms with van der Waals surface area (Å²) in [6.07, 6.45) is 2.04. The Labute approximate surface area is 243 Å². The van der Waals surface area contributed by atoms with E-state index in [-0.39, 0.29) is 25.5 Å². The number of aliphatic hydroxyl groups is 1. The van der Waals surface area contributed by atoms with Crippen LogP contribution >= 0.6 is 0 Å². The van der Waals surface area contributed by atoms with Crippen molar-refractivity contribution >= 4 is 23.5 Å². The van der Waals surface area contributed by atoms with E-state index in [1.54, 1.807) is 37.3 Å². The maximum atomic E-state index is 15.0. The molecule has 1 heterocycles. The molecule has 1 saturated carbocycles. The number of carbonyl (C=O) groups is 3. The summed E-state index contributed by atoms with van der Waals surface area (Å²) < 4.78 is 25.7. The van der Waals surface area contributed by atoms with Crippen molar-refractivity contribution in [2.75, 3.05) is 31.7 Å². The fraction of sp³-hybridized carbons (Fsp3) is 0.344. The van der Waals surface area contributed by atoms with Gasteiger partial charge in [-0.1, -0.05) is 55.5 Å². The number of nitrogens with zero attached hydrogens (tertiary/aromatic N) is 1. The Morgan fingerprint density at radius 1 is 1.02 bits per heavy atom. The van der Waals surface area contributed by atoms with Crippen LogP contribution in [0.15, 0.2) is 72.8 Å². The van der Waals surface area contributed by atoms with E-state index < -0.39 is 41.7 Å². The SMILES string of the molecule is CC(c1ccccc1)C(C(=O)Nc1ccc(C2CC2)cc1F)N1C(=O)N[C@H](c2ccc(OCCOCCO)cc2)C1=O. The molecule has 1 aliphatic carbocycles. The standard InChI is InChI=1S/C32H34FN3O6/c1-20(21-5-3-2-4-6-21)29(30(38)34-27-14-11-24(19-26(27)33)22-7-8-22)36-31(39)28(35-32(36)40)23-9-12-25(13-10-23)42-18-17-41-16-15-37/h2-6,9-14,19-20,22,28-29,37H,7-8,15-18H2,1H3,(H,34,38)(H,35,40)/t20?,28-,29?/m1/s1. The number of halogens is 1. The Bertz CT molecular complexity index is 1410. The largest absolute Gasteiger partial charge is 0.491 e. The van der Waals surface area contributed by atoms with E-state index >= 15 is 0 Å². The Morgan fingerprint density at radius 2 is 1.74 bits per heavy atom. The average Bonchev–Trinajstić information content (AvgIpc) is 3.81. The molecule has 2 aliphatic rings. The van der Waals surface area contributed by atoms with Gasteiger partial charge in [-0.25, -0.2) is 14.1 Å². The lowest BCUT2D eigenvalue weighted by atomic mass is 9.91. The summed E-state index contributed by atoms with van der Waals surface area (Å²) in [5, 5.41) is 14.1. The zero-order valence-corrected chi connectivity index (χ0v) is 23.3. The summed E-state index contributed by atoms with van der Waals surface area (Å²) >= 11 is 0. The molecule has 1 aliphatic heterocycles. The Balaban J connectivity index is 1.35. The molecule has 9 nitrogen and oxygen atoms in total. The monoisotopic (exact) mass is 575 g/mol. The second kappa shape index (κ2) is 13.1. The third-order valence-corrected chi connectivity index (χ3v) is 7.56. The predicted octanol–water partition coefficient (Wildman–Crippen LogP) is 4.49. The molecule has 220 valence electrons. The molecule has 1 saturated heterocycles. The minimum absolute atomic E-state index is 0.00406. The molecule has 3 aromatic rings. The summed E-state index contributed by atoms with van der Waals surface area (Å²) in [5.74, 6) is -1.50. The van der Waals surface area contributed by atoms with E-state index in [9.17, 15) is 18.8 Å². The Kier molecular flexibility index (Phi) is 9.14. The molecule has 0 radical (unpaired) electrons. The van der Waals surface area contributed by atoms with E-state index in [2.05, 4.69) is 10.6 Å². The van der Waals surface area contributed by atoms with Crippen LogP contribution < -0.4 is 15.4 Å². The van der Waals surface area contributed by atoms with E-state index in [0.29, 0.717) is 23.8 Å². The topological polar surface area (TPSA) is 117 Å². The van der Waals surface area contributed by atoms with Crippen LogP contribution in [0.25, 0.3) is 0 Å². The summed E-state index contributed by atoms with van der Waals surface area (Å²) in [5.41, 5.74) is 2.15. The highest BCUT2D eigenvalue weighted by Crippen LogP contribution is 2.41. The summed E-state index contributed by atoms with van der Waals surface area (Å²) in [6, 6.07) is 17.6. The fourth-order valence-corrected chi connectivity index (χ4v) is 5.14. The van der Waals surface area contributed by atoms with Crippen LogP contribution in [-0.2, 0) is 14.3 Å². The first kappa shape index (κ1) is 29.2. The first-order chi connectivity index (χ1) is 20.4. The fourth-order valence-electron chi connectivity index (χ4n) is 5.14. The molecule has 0 aromatic heterocycles. The summed E-state index contributed by atoms with van der Waals surface area (Å²) in [4.78, 5) is 41.7. The second-order valence-electron chi connectivity index (χ2n) is 10.5. The van der Waals surface area contributed by atoms with Crippen molar-refractivity contribution in [2.45, 2.75) is 43.7 Å². The first-order valence-corrected chi connectivity index (χ1v) is 14.1. The van der Waals surface area contributed by atoms with Crippen molar-refractivity contribution in [1.82, 2.24) is 10.2 Å². The molecule has 2 unspecified atom stereocenters. The minimum atomic E-state index is -1.24. The van der Waals surface area contributed by atoms with E-state index in [4.69, 9.17) is 14.6 Å². The number of imide groups is 1. The van der Waals surface area contributed by atoms with Crippen LogP contribution in [0.1, 0.15) is 54.3 Å². The number of carbonyl (C=O) groups excluding carboxylic acids is 3. The van der Waals surface area contributed by atoms with Crippen LogP contribution in [0.3, 0.4) is 0 Å². The Morgan fingerprint density at radius 3 is 2.40 bits per heavy atom. The first-order valence-electron chi connectivity index (χ1n) is 14.1. The van der Waals surface area contributed by atoms with E-state index in [0.717, 1.165) is 28.9 Å². The number of anilines is 1. The lowest BCUT2D eigenvalue weighted by molar-refractivity contribution is -0.134. The molecule has 2 fully saturated rings. The van der Waals surface area contributed by atoms with Gasteiger partial charge in [-0.05, 0) is 59.7 Å². The van der Waals surface area contributed by atoms with Gasteiger partial charge in [0.05, 0.1) is 25.5 Å². The van der Waals surface area contributed by atoms with Crippen molar-refractivity contribution in [3.8, 4) is 5.75 Å². The zero-order valence-electron chi connectivity index (χ0n) is 23.3. The van der Waals surface area contributed by atoms with E-state index in [1.165, 1.54) is 12.1 Å². The predicted molar refractivity (Wildman–Crippen MR) is 154 cm³/mol. The van der Waals surface area contributed by atoms with Crippen molar-refractivity contribution in [2.24, 2.45) is 0 Å². The van der Waals surface area contributed by atoms with Crippen LogP contribution in [0.4, 0.5) is 14.9 Å². The third-order valence-electron chi connectivity index (χ3n) is 7.56. The molecule has 3 N–H and O–H groups in total. The van der Waals surface area contributed by atoms with E-state index in [1.807, 2.05) is 30.3 Å². The number of amides is 4. The molecule has 5 rings (SSSR count). The zero-order chi connectivity index (χ0) is 29.6. The normalized spacial score (nSPS) is 18.0. The smallest absolute Gasteiger partial charge is 0.325 e. The van der Waals surface area contributed by atoms with Gasteiger partial charge in [0.25, 0.3) is 5.91 Å². The quantitative estimate of drug-likeness (QED) is 0.204. The van der Waals surface area contributed by atoms with Crippen LogP contribution in [0.2, 0.25) is 0 Å². The summed E-state index contributed by atoms with van der Waals surface area (Å²) in [7, 11) is 0. The van der Waals surface area contributed by atoms with Gasteiger partial charge in [-0.2, -0.15) is 0 Å². The molecule has 3 aromatic carbocycles. The maximum Gasteiger partial charge on any atom is 0.325 e. The van der Waals surface area contributed by atoms with Crippen molar-refractivity contribution < 1.29 is 33.4 Å². The van der Waals surface area contributed by atoms with Gasteiger partial charge in [0.1, 0.15) is 30.3 Å². The van der Waals surface area contributed by atoms with Gasteiger partial charge in [0.15, 0.2) is 0 Å². The molecule has 4 amide bonds. The molecular formula is C32H34FN3O6. The number of hydrogen-bond acceptors (Lipinski definition) is 6. The highest BCUT2D eigenvalue weighted by molar-refractivity contribution is 6.10. The number of nitrogens with one attached hydrogen (secondary N) is 2. The van der Waals surface area contributed by atoms with Crippen molar-refractivity contribution in [3.63, 3.8) is 0 Å². The van der Waals surface area contributed by atoms with Crippen LogP contribution in [-0.4, -0.2) is 60.3 Å². The Hall–Kier alpha value is -4.28. The molecular weight excluding hydrogens is 541 g/mol. The van der Waals surface area contributed by atoms with Gasteiger partial charge in [-0.15, -0.1) is 0 Å². The van der Waals surface area contributed by atoms with Crippen molar-refractivity contribution in [1.29, 1.82) is 0 Å². The third kappa shape index (κ3) is 6.61. The number of hydrogen-bond donors (Lipinski definition) is 3. The van der Waals surface area contributed by atoms with Gasteiger partial charge < -0.3 is 25.2 Å². The highest BCUT2D eigenvalue weighted by Gasteiger charge is 2.47. The van der Waals surface area contributed by atoms with Gasteiger partial charge in [0, 0.05) is 5.92 Å². The summed E-state index contributed by atoms with van der Waals surface area (Å²) in [6.45, 7) is 2.52. The van der Waals surface area contributed by atoms with Crippen LogP contribution in [0, 0.1) is 5.82 Å². The average molecular weight is 576 g/mol. The van der Waals surface area contributed by atoms with Crippen molar-refractivity contribution in [3.05, 3.63) is 95.3 Å². The lowest BCUT2D eigenvalue weighted by Gasteiger charge is -2.30. The molecule has 0 spiro atoms.